The Kier molecular flexibility index (Phi) is 3.90. The Morgan fingerprint density at radius 1 is 1.22 bits per heavy atom. The van der Waals surface area contributed by atoms with E-state index in [0.717, 1.165) is 6.07 Å². The van der Waals surface area contributed by atoms with Gasteiger partial charge >= 0.3 is 6.18 Å². The Hall–Kier alpha value is -1.57. The van der Waals surface area contributed by atoms with Crippen LogP contribution in [0.3, 0.4) is 0 Å². The van der Waals surface area contributed by atoms with Gasteiger partial charge in [0, 0.05) is 12.0 Å². The molecule has 1 N–H and O–H groups in total. The van der Waals surface area contributed by atoms with Gasteiger partial charge in [0.1, 0.15) is 0 Å². The van der Waals surface area contributed by atoms with Crippen molar-refractivity contribution in [3.63, 3.8) is 0 Å². The van der Waals surface area contributed by atoms with E-state index in [1.165, 1.54) is 18.2 Å². The summed E-state index contributed by atoms with van der Waals surface area (Å²) in [5, 5.41) is 2.66. The van der Waals surface area contributed by atoms with E-state index in [4.69, 9.17) is 0 Å². The molecule has 1 amide bonds. The summed E-state index contributed by atoms with van der Waals surface area (Å²) < 4.78 is 61.8. The van der Waals surface area contributed by atoms with Crippen LogP contribution >= 0.6 is 0 Å². The maximum atomic E-state index is 13.0. The molecule has 0 bridgehead atoms. The molecule has 1 aromatic carbocycles. The summed E-state index contributed by atoms with van der Waals surface area (Å²) in [7, 11) is -3.10. The van der Waals surface area contributed by atoms with Gasteiger partial charge < -0.3 is 5.32 Å². The van der Waals surface area contributed by atoms with E-state index in [1.54, 1.807) is 0 Å². The van der Waals surface area contributed by atoms with Gasteiger partial charge in [0.15, 0.2) is 9.84 Å². The highest BCUT2D eigenvalue weighted by Gasteiger charge is 2.48. The number of halogens is 3. The van der Waals surface area contributed by atoms with Gasteiger partial charge in [-0.2, -0.15) is 13.2 Å². The van der Waals surface area contributed by atoms with Crippen LogP contribution in [0, 0.1) is 5.92 Å². The molecule has 1 aliphatic carbocycles. The minimum atomic E-state index is -4.44. The molecule has 2 fully saturated rings. The van der Waals surface area contributed by atoms with E-state index >= 15 is 0 Å². The average molecular weight is 347 g/mol. The van der Waals surface area contributed by atoms with E-state index in [-0.39, 0.29) is 23.0 Å². The maximum absolute atomic E-state index is 13.0. The lowest BCUT2D eigenvalue weighted by atomic mass is 10.0. The third kappa shape index (κ3) is 3.52. The number of amides is 1. The van der Waals surface area contributed by atoms with Gasteiger partial charge in [0.2, 0.25) is 5.91 Å². The number of carbonyl (C=O) groups excluding carboxylic acids is 1. The second kappa shape index (κ2) is 5.51. The lowest BCUT2D eigenvalue weighted by molar-refractivity contribution is -0.138. The van der Waals surface area contributed by atoms with Crippen molar-refractivity contribution in [2.45, 2.75) is 31.0 Å². The third-order valence-corrected chi connectivity index (χ3v) is 6.14. The van der Waals surface area contributed by atoms with Crippen molar-refractivity contribution < 1.29 is 26.4 Å². The number of benzene rings is 1. The van der Waals surface area contributed by atoms with Gasteiger partial charge in [0.25, 0.3) is 0 Å². The van der Waals surface area contributed by atoms with Crippen LogP contribution in [0.2, 0.25) is 0 Å². The fourth-order valence-corrected chi connectivity index (χ4v) is 4.80. The third-order valence-electron chi connectivity index (χ3n) is 4.37. The van der Waals surface area contributed by atoms with Gasteiger partial charge in [-0.1, -0.05) is 18.2 Å². The van der Waals surface area contributed by atoms with Crippen LogP contribution in [-0.4, -0.2) is 31.9 Å². The molecule has 2 aliphatic rings. The summed E-state index contributed by atoms with van der Waals surface area (Å²) in [5.41, 5.74) is -0.567. The molecule has 0 radical (unpaired) electrons. The minimum Gasteiger partial charge on any atom is -0.352 e. The van der Waals surface area contributed by atoms with Crippen LogP contribution in [0.1, 0.15) is 29.9 Å². The van der Waals surface area contributed by atoms with Crippen LogP contribution in [0.25, 0.3) is 0 Å². The molecule has 3 unspecified atom stereocenters. The zero-order valence-corrected chi connectivity index (χ0v) is 13.0. The zero-order chi connectivity index (χ0) is 16.8. The molecule has 1 saturated heterocycles. The number of nitrogens with one attached hydrogen (secondary N) is 1. The molecule has 0 spiro atoms. The van der Waals surface area contributed by atoms with E-state index in [0.29, 0.717) is 12.8 Å². The van der Waals surface area contributed by atoms with Gasteiger partial charge in [-0.15, -0.1) is 0 Å². The largest absolute Gasteiger partial charge is 0.416 e. The summed E-state index contributed by atoms with van der Waals surface area (Å²) in [5.74, 6) is -1.36. The first-order valence-corrected chi connectivity index (χ1v) is 9.16. The first kappa shape index (κ1) is 16.3. The summed E-state index contributed by atoms with van der Waals surface area (Å²) in [6.45, 7) is 0. The van der Waals surface area contributed by atoms with Crippen molar-refractivity contribution in [3.8, 4) is 0 Å². The summed E-state index contributed by atoms with van der Waals surface area (Å²) in [6, 6.07) is 4.85. The highest BCUT2D eigenvalue weighted by molar-refractivity contribution is 7.91. The Morgan fingerprint density at radius 3 is 2.52 bits per heavy atom. The topological polar surface area (TPSA) is 63.2 Å². The molecule has 3 rings (SSSR count). The van der Waals surface area contributed by atoms with Crippen molar-refractivity contribution in [1.29, 1.82) is 0 Å². The van der Waals surface area contributed by atoms with E-state index in [1.807, 2.05) is 0 Å². The summed E-state index contributed by atoms with van der Waals surface area (Å²) in [6.07, 6.45) is -3.72. The maximum Gasteiger partial charge on any atom is 0.416 e. The quantitative estimate of drug-likeness (QED) is 0.911. The van der Waals surface area contributed by atoms with Gasteiger partial charge in [0.05, 0.1) is 17.1 Å². The second-order valence-electron chi connectivity index (χ2n) is 6.14. The van der Waals surface area contributed by atoms with Crippen LogP contribution in [0.4, 0.5) is 13.2 Å². The fourth-order valence-electron chi connectivity index (χ4n) is 3.12. The SMILES string of the molecule is O=C(NC1CCS(=O)(=O)C1)C1CC1c1ccccc1C(F)(F)F. The molecule has 126 valence electrons. The lowest BCUT2D eigenvalue weighted by Gasteiger charge is -2.13. The average Bonchev–Trinajstić information content (AvgIpc) is 3.17. The number of sulfone groups is 1. The Balaban J connectivity index is 1.67. The van der Waals surface area contributed by atoms with Gasteiger partial charge in [-0.3, -0.25) is 4.79 Å². The van der Waals surface area contributed by atoms with E-state index in [2.05, 4.69) is 5.32 Å². The normalized spacial score (nSPS) is 29.3. The van der Waals surface area contributed by atoms with Crippen molar-refractivity contribution >= 4 is 15.7 Å². The molecule has 1 aliphatic heterocycles. The summed E-state index contributed by atoms with van der Waals surface area (Å²) >= 11 is 0. The van der Waals surface area contributed by atoms with Crippen LogP contribution in [0.15, 0.2) is 24.3 Å². The van der Waals surface area contributed by atoms with E-state index < -0.39 is 39.5 Å². The number of carbonyl (C=O) groups is 1. The second-order valence-corrected chi connectivity index (χ2v) is 8.37. The molecule has 4 nitrogen and oxygen atoms in total. The van der Waals surface area contributed by atoms with Crippen LogP contribution < -0.4 is 5.32 Å². The first-order chi connectivity index (χ1) is 10.7. The predicted octanol–water partition coefficient (Wildman–Crippen LogP) is 2.11. The molecular formula is C15H16F3NO3S. The van der Waals surface area contributed by atoms with Crippen molar-refractivity contribution in [1.82, 2.24) is 5.32 Å². The molecule has 1 heterocycles. The van der Waals surface area contributed by atoms with Gasteiger partial charge in [-0.05, 0) is 30.4 Å². The van der Waals surface area contributed by atoms with Crippen LogP contribution in [0.5, 0.6) is 0 Å². The molecule has 0 aromatic heterocycles. The van der Waals surface area contributed by atoms with Crippen molar-refractivity contribution in [2.75, 3.05) is 11.5 Å². The molecule has 1 saturated carbocycles. The molecule has 23 heavy (non-hydrogen) atoms. The van der Waals surface area contributed by atoms with E-state index in [9.17, 15) is 26.4 Å². The van der Waals surface area contributed by atoms with Crippen molar-refractivity contribution in [2.24, 2.45) is 5.92 Å². The smallest absolute Gasteiger partial charge is 0.352 e. The Labute approximate surface area is 132 Å². The zero-order valence-electron chi connectivity index (χ0n) is 12.1. The van der Waals surface area contributed by atoms with Gasteiger partial charge in [-0.25, -0.2) is 8.42 Å². The number of rotatable bonds is 3. The lowest BCUT2D eigenvalue weighted by Crippen LogP contribution is -2.36. The fraction of sp³-hybridized carbons (Fsp3) is 0.533. The standard InChI is InChI=1S/C15H16F3NO3S/c16-15(17,18)13-4-2-1-3-10(13)11-7-12(11)14(20)19-9-5-6-23(21,22)8-9/h1-4,9,11-12H,5-8H2,(H,19,20). The first-order valence-electron chi connectivity index (χ1n) is 7.34. The number of hydrogen-bond acceptors (Lipinski definition) is 3. The molecule has 8 heteroatoms. The number of hydrogen-bond donors (Lipinski definition) is 1. The molecular weight excluding hydrogens is 331 g/mol. The van der Waals surface area contributed by atoms with Crippen LogP contribution in [-0.2, 0) is 20.8 Å². The minimum absolute atomic E-state index is 0.0446. The highest BCUT2D eigenvalue weighted by Crippen LogP contribution is 2.51. The number of alkyl halides is 3. The monoisotopic (exact) mass is 347 g/mol. The molecule has 1 aromatic rings. The highest BCUT2D eigenvalue weighted by atomic mass is 32.2. The predicted molar refractivity (Wildman–Crippen MR) is 77.5 cm³/mol. The summed E-state index contributed by atoms with van der Waals surface area (Å²) in [4.78, 5) is 12.1. The van der Waals surface area contributed by atoms with Crippen molar-refractivity contribution in [3.05, 3.63) is 35.4 Å². The molecule has 3 atom stereocenters. The Morgan fingerprint density at radius 2 is 1.91 bits per heavy atom. The Bertz CT molecular complexity index is 730.